The van der Waals surface area contributed by atoms with Gasteiger partial charge in [-0.05, 0) is 12.8 Å². The highest BCUT2D eigenvalue weighted by Crippen LogP contribution is 2.63. The highest BCUT2D eigenvalue weighted by molar-refractivity contribution is 5.72. The third kappa shape index (κ3) is 3.21. The zero-order valence-corrected chi connectivity index (χ0v) is 14.5. The van der Waals surface area contributed by atoms with Crippen LogP contribution in [0.2, 0.25) is 0 Å². The van der Waals surface area contributed by atoms with Gasteiger partial charge in [-0.1, -0.05) is 20.8 Å². The Morgan fingerprint density at radius 3 is 1.89 bits per heavy atom. The Balaban J connectivity index is 3.85. The molecule has 0 aromatic rings. The lowest BCUT2D eigenvalue weighted by atomic mass is 9.75. The summed E-state index contributed by atoms with van der Waals surface area (Å²) in [7, 11) is 0. The monoisotopic (exact) mass is 438 g/mol. The van der Waals surface area contributed by atoms with Gasteiger partial charge >= 0.3 is 36.0 Å². The fraction of sp³-hybridized carbons (Fsp3) is 0.929. The average molecular weight is 438 g/mol. The molecule has 1 heterocycles. The van der Waals surface area contributed by atoms with Gasteiger partial charge in [-0.2, -0.15) is 43.9 Å². The molecule has 1 saturated heterocycles. The molecule has 0 aromatic heterocycles. The van der Waals surface area contributed by atoms with Gasteiger partial charge < -0.3 is 14.6 Å². The summed E-state index contributed by atoms with van der Waals surface area (Å²) in [5.74, 6) is -21.4. The van der Waals surface area contributed by atoms with Crippen LogP contribution in [0.15, 0.2) is 0 Å². The van der Waals surface area contributed by atoms with Gasteiger partial charge in [0.1, 0.15) is 0 Å². The van der Waals surface area contributed by atoms with E-state index in [-0.39, 0.29) is 6.42 Å². The summed E-state index contributed by atoms with van der Waals surface area (Å²) in [6.45, 7) is 2.59. The van der Waals surface area contributed by atoms with Crippen molar-refractivity contribution >= 4 is 5.97 Å². The van der Waals surface area contributed by atoms with Crippen LogP contribution >= 0.6 is 0 Å². The molecule has 166 valence electrons. The van der Waals surface area contributed by atoms with E-state index in [0.717, 1.165) is 6.92 Å². The molecule has 0 radical (unpaired) electrons. The number of carbonyl (C=O) groups excluding carboxylic acids is 1. The molecular weight excluding hydrogens is 422 g/mol. The molecule has 0 amide bonds. The van der Waals surface area contributed by atoms with Crippen molar-refractivity contribution in [1.29, 1.82) is 0 Å². The van der Waals surface area contributed by atoms with Crippen LogP contribution in [0.5, 0.6) is 0 Å². The van der Waals surface area contributed by atoms with Crippen LogP contribution in [-0.4, -0.2) is 52.8 Å². The summed E-state index contributed by atoms with van der Waals surface area (Å²) < 4.78 is 143. The Kier molecular flexibility index (Phi) is 6.08. The van der Waals surface area contributed by atoms with Gasteiger partial charge in [0.25, 0.3) is 0 Å². The normalized spacial score (nSPS) is 34.0. The Morgan fingerprint density at radius 2 is 1.57 bits per heavy atom. The predicted octanol–water partition coefficient (Wildman–Crippen LogP) is 4.21. The maximum atomic E-state index is 14.6. The Labute approximate surface area is 151 Å². The van der Waals surface area contributed by atoms with Crippen molar-refractivity contribution in [3.8, 4) is 0 Å². The van der Waals surface area contributed by atoms with Crippen LogP contribution in [-0.2, 0) is 14.3 Å². The minimum atomic E-state index is -6.65. The van der Waals surface area contributed by atoms with E-state index in [1.54, 1.807) is 0 Å². The second-order valence-electron chi connectivity index (χ2n) is 6.29. The van der Waals surface area contributed by atoms with Crippen LogP contribution in [0, 0.1) is 5.92 Å². The van der Waals surface area contributed by atoms with Crippen LogP contribution in [0.1, 0.15) is 33.6 Å². The molecule has 1 aliphatic heterocycles. The zero-order chi connectivity index (χ0) is 22.6. The first-order chi connectivity index (χ1) is 12.3. The molecule has 14 heteroatoms. The number of hydrogen-bond acceptors (Lipinski definition) is 4. The van der Waals surface area contributed by atoms with E-state index >= 15 is 0 Å². The third-order valence-corrected chi connectivity index (χ3v) is 4.56. The van der Waals surface area contributed by atoms with Crippen molar-refractivity contribution in [3.05, 3.63) is 0 Å². The molecule has 0 aromatic carbocycles. The van der Waals surface area contributed by atoms with Gasteiger partial charge in [-0.25, -0.2) is 0 Å². The fourth-order valence-corrected chi connectivity index (χ4v) is 2.63. The summed E-state index contributed by atoms with van der Waals surface area (Å²) in [4.78, 5) is 11.8. The molecule has 1 aliphatic rings. The third-order valence-electron chi connectivity index (χ3n) is 4.56. The van der Waals surface area contributed by atoms with E-state index in [4.69, 9.17) is 0 Å². The minimum Gasteiger partial charge on any atom is -0.446 e. The quantitative estimate of drug-likeness (QED) is 0.528. The fourth-order valence-electron chi connectivity index (χ4n) is 2.63. The van der Waals surface area contributed by atoms with Crippen molar-refractivity contribution in [2.75, 3.05) is 0 Å². The molecule has 1 rings (SSSR count). The predicted molar refractivity (Wildman–Crippen MR) is 70.4 cm³/mol. The summed E-state index contributed by atoms with van der Waals surface area (Å²) in [5.41, 5.74) is -5.00. The van der Waals surface area contributed by atoms with Crippen molar-refractivity contribution in [3.63, 3.8) is 0 Å². The number of esters is 1. The SMILES string of the molecule is CCC(C)C(=O)OC1(CC)C(F)(F)C(C(F)(F)F)OC(O)(C(F)(F)F)C1(F)F. The highest BCUT2D eigenvalue weighted by atomic mass is 19.4. The number of hydrogen-bond donors (Lipinski definition) is 1. The average Bonchev–Trinajstić information content (AvgIpc) is 2.52. The number of ether oxygens (including phenoxy) is 2. The molecule has 4 unspecified atom stereocenters. The topological polar surface area (TPSA) is 55.8 Å². The first-order valence-electron chi connectivity index (χ1n) is 7.79. The first-order valence-corrected chi connectivity index (χ1v) is 7.79. The number of carbonyl (C=O) groups is 1. The second-order valence-corrected chi connectivity index (χ2v) is 6.29. The van der Waals surface area contributed by atoms with Crippen LogP contribution < -0.4 is 0 Å². The largest absolute Gasteiger partial charge is 0.449 e. The molecule has 1 fully saturated rings. The minimum absolute atomic E-state index is 0.210. The van der Waals surface area contributed by atoms with Crippen molar-refractivity contribution in [1.82, 2.24) is 0 Å². The van der Waals surface area contributed by atoms with Gasteiger partial charge in [-0.15, -0.1) is 0 Å². The molecular formula is C14H16F10O4. The molecule has 0 saturated carbocycles. The molecule has 4 atom stereocenters. The van der Waals surface area contributed by atoms with Crippen LogP contribution in [0.25, 0.3) is 0 Å². The van der Waals surface area contributed by atoms with Crippen molar-refractivity contribution < 1.29 is 63.3 Å². The molecule has 1 N–H and O–H groups in total. The van der Waals surface area contributed by atoms with E-state index in [1.165, 1.54) is 6.92 Å². The lowest BCUT2D eigenvalue weighted by Crippen LogP contribution is -2.83. The smallest absolute Gasteiger partial charge is 0.446 e. The Hall–Kier alpha value is -1.31. The molecule has 28 heavy (non-hydrogen) atoms. The van der Waals surface area contributed by atoms with Crippen molar-refractivity contribution in [2.24, 2.45) is 5.92 Å². The summed E-state index contributed by atoms with van der Waals surface area (Å²) >= 11 is 0. The Bertz CT molecular complexity index is 602. The number of rotatable bonds is 4. The summed E-state index contributed by atoms with van der Waals surface area (Å²) in [6.07, 6.45) is -19.9. The molecule has 0 bridgehead atoms. The zero-order valence-electron chi connectivity index (χ0n) is 14.5. The lowest BCUT2D eigenvalue weighted by molar-refractivity contribution is -0.533. The first kappa shape index (κ1) is 24.7. The van der Waals surface area contributed by atoms with Gasteiger partial charge in [0.2, 0.25) is 11.7 Å². The lowest BCUT2D eigenvalue weighted by Gasteiger charge is -2.55. The van der Waals surface area contributed by atoms with E-state index in [9.17, 15) is 53.8 Å². The number of halogens is 10. The van der Waals surface area contributed by atoms with E-state index in [2.05, 4.69) is 9.47 Å². The molecule has 0 spiro atoms. The van der Waals surface area contributed by atoms with E-state index in [1.807, 2.05) is 0 Å². The van der Waals surface area contributed by atoms with Gasteiger partial charge in [0, 0.05) is 0 Å². The maximum Gasteiger partial charge on any atom is 0.449 e. The molecule has 0 aliphatic carbocycles. The van der Waals surface area contributed by atoms with Gasteiger partial charge in [0.15, 0.2) is 0 Å². The second kappa shape index (κ2) is 6.89. The number of aliphatic hydroxyl groups is 1. The summed E-state index contributed by atoms with van der Waals surface area (Å²) in [5, 5.41) is 9.36. The van der Waals surface area contributed by atoms with E-state index in [0.29, 0.717) is 6.92 Å². The van der Waals surface area contributed by atoms with Crippen LogP contribution in [0.3, 0.4) is 0 Å². The van der Waals surface area contributed by atoms with Crippen molar-refractivity contribution in [2.45, 2.75) is 75.3 Å². The van der Waals surface area contributed by atoms with Gasteiger partial charge in [0.05, 0.1) is 5.92 Å². The number of alkyl halides is 10. The Morgan fingerprint density at radius 1 is 1.11 bits per heavy atom. The van der Waals surface area contributed by atoms with Gasteiger partial charge in [-0.3, -0.25) is 4.79 Å². The maximum absolute atomic E-state index is 14.6. The summed E-state index contributed by atoms with van der Waals surface area (Å²) in [6, 6.07) is 0. The molecule has 4 nitrogen and oxygen atoms in total. The van der Waals surface area contributed by atoms with Crippen LogP contribution in [0.4, 0.5) is 43.9 Å². The standard InChI is InChI=1S/C14H16F10O4/c1-4-6(3)7(25)27-9(5-2)10(15,16)8(11(17,18)19)28-13(26,12(9,20)21)14(22,23)24/h6,8,26H,4-5H2,1-3H3. The van der Waals surface area contributed by atoms with E-state index < -0.39 is 60.0 Å². The highest BCUT2D eigenvalue weighted by Gasteiger charge is 2.92.